The second-order valence-corrected chi connectivity index (χ2v) is 8.23. The average molecular weight is 400 g/mol. The Morgan fingerprint density at radius 3 is 2.89 bits per heavy atom. The van der Waals surface area contributed by atoms with Gasteiger partial charge in [0.05, 0.1) is 12.1 Å². The van der Waals surface area contributed by atoms with Crippen molar-refractivity contribution in [3.05, 3.63) is 17.5 Å². The van der Waals surface area contributed by atoms with Gasteiger partial charge in [0.15, 0.2) is 5.96 Å². The number of hydrogen-bond acceptors (Lipinski definition) is 7. The minimum atomic E-state index is -4.77. The van der Waals surface area contributed by atoms with Crippen molar-refractivity contribution in [3.8, 4) is 0 Å². The molecule has 2 aliphatic heterocycles. The topological polar surface area (TPSA) is 175 Å². The predicted molar refractivity (Wildman–Crippen MR) is 89.6 cm³/mol. The molecule has 1 aromatic heterocycles. The first-order valence-corrected chi connectivity index (χ1v) is 9.87. The lowest BCUT2D eigenvalue weighted by Crippen LogP contribution is -2.42. The van der Waals surface area contributed by atoms with Crippen molar-refractivity contribution >= 4 is 22.4 Å². The molecule has 2 amide bonds. The highest BCUT2D eigenvalue weighted by molar-refractivity contribution is 7.80. The van der Waals surface area contributed by atoms with Gasteiger partial charge in [0.25, 0.3) is 0 Å². The largest absolute Gasteiger partial charge is 0.418 e. The Balaban J connectivity index is 1.47. The zero-order chi connectivity index (χ0) is 19.4. The summed E-state index contributed by atoms with van der Waals surface area (Å²) in [5, 5.41) is 15.1. The third kappa shape index (κ3) is 3.57. The van der Waals surface area contributed by atoms with Gasteiger partial charge in [0.2, 0.25) is 0 Å². The third-order valence-electron chi connectivity index (χ3n) is 5.18. The monoisotopic (exact) mass is 400 g/mol. The van der Waals surface area contributed by atoms with E-state index in [-0.39, 0.29) is 24.1 Å². The number of amides is 2. The van der Waals surface area contributed by atoms with Crippen molar-refractivity contribution in [2.24, 2.45) is 5.73 Å². The molecule has 12 nitrogen and oxygen atoms in total. The van der Waals surface area contributed by atoms with Crippen LogP contribution in [0.1, 0.15) is 43.2 Å². The Morgan fingerprint density at radius 2 is 2.26 bits per heavy atom. The molecule has 13 heteroatoms. The van der Waals surface area contributed by atoms with Crippen molar-refractivity contribution in [2.75, 3.05) is 6.54 Å². The summed E-state index contributed by atoms with van der Waals surface area (Å²) < 4.78 is 40.6. The minimum absolute atomic E-state index is 0.0906. The number of hydrogen-bond donors (Lipinski definition) is 4. The van der Waals surface area contributed by atoms with Gasteiger partial charge >= 0.3 is 16.4 Å². The normalized spacial score (nSPS) is 26.3. The maximum absolute atomic E-state index is 12.5. The van der Waals surface area contributed by atoms with Gasteiger partial charge in [-0.3, -0.25) is 9.96 Å². The van der Waals surface area contributed by atoms with E-state index in [2.05, 4.69) is 14.8 Å². The number of nitrogens with zero attached hydrogens (tertiary/aromatic N) is 3. The van der Waals surface area contributed by atoms with Crippen LogP contribution in [0, 0.1) is 5.41 Å². The maximum atomic E-state index is 12.5. The smallest absolute Gasteiger partial charge is 0.370 e. The van der Waals surface area contributed by atoms with Crippen molar-refractivity contribution < 1.29 is 26.6 Å². The Bertz CT molecular complexity index is 880. The Kier molecular flexibility index (Phi) is 4.05. The molecule has 3 aliphatic rings. The van der Waals surface area contributed by atoms with Crippen LogP contribution in [0.5, 0.6) is 0 Å². The molecule has 1 aliphatic carbocycles. The van der Waals surface area contributed by atoms with E-state index in [0.29, 0.717) is 35.8 Å². The van der Waals surface area contributed by atoms with Gasteiger partial charge in [-0.25, -0.2) is 4.79 Å². The summed E-state index contributed by atoms with van der Waals surface area (Å²) in [7, 11) is -4.77. The summed E-state index contributed by atoms with van der Waals surface area (Å²) in [5.41, 5.74) is 5.71. The fourth-order valence-corrected chi connectivity index (χ4v) is 4.21. The summed E-state index contributed by atoms with van der Waals surface area (Å²) in [6.07, 6.45) is 3.34. The number of carbonyl (C=O) groups is 1. The number of hydroxylamine groups is 2. The number of piperidine rings is 1. The molecule has 27 heavy (non-hydrogen) atoms. The van der Waals surface area contributed by atoms with Gasteiger partial charge in [-0.2, -0.15) is 13.5 Å². The van der Waals surface area contributed by atoms with E-state index >= 15 is 0 Å². The Hall–Kier alpha value is -2.38. The van der Waals surface area contributed by atoms with Crippen LogP contribution in [0.25, 0.3) is 0 Å². The van der Waals surface area contributed by atoms with Gasteiger partial charge in [-0.15, -0.1) is 4.28 Å². The van der Waals surface area contributed by atoms with Crippen LogP contribution < -0.4 is 11.1 Å². The average Bonchev–Trinajstić information content (AvgIpc) is 3.07. The van der Waals surface area contributed by atoms with Gasteiger partial charge in [0, 0.05) is 24.6 Å². The Labute approximate surface area is 155 Å². The molecule has 0 aromatic carbocycles. The highest BCUT2D eigenvalue weighted by atomic mass is 32.3. The van der Waals surface area contributed by atoms with Crippen molar-refractivity contribution in [1.82, 2.24) is 20.4 Å². The van der Waals surface area contributed by atoms with E-state index < -0.39 is 22.5 Å². The van der Waals surface area contributed by atoms with E-state index in [1.807, 2.05) is 0 Å². The number of urea groups is 1. The molecule has 0 spiro atoms. The van der Waals surface area contributed by atoms with Gasteiger partial charge in [-0.05, 0) is 25.7 Å². The third-order valence-corrected chi connectivity index (χ3v) is 5.53. The summed E-state index contributed by atoms with van der Waals surface area (Å²) in [5.74, 6) is 0.531. The zero-order valence-corrected chi connectivity index (χ0v) is 15.1. The molecule has 2 atom stereocenters. The molecule has 0 radical (unpaired) electrons. The van der Waals surface area contributed by atoms with Gasteiger partial charge in [0.1, 0.15) is 11.5 Å². The first kappa shape index (κ1) is 18.0. The molecule has 1 saturated carbocycles. The van der Waals surface area contributed by atoms with Crippen molar-refractivity contribution in [1.29, 1.82) is 5.41 Å². The Morgan fingerprint density at radius 1 is 1.52 bits per heavy atom. The molecule has 2 saturated heterocycles. The van der Waals surface area contributed by atoms with Crippen molar-refractivity contribution in [2.45, 2.75) is 49.7 Å². The van der Waals surface area contributed by atoms with Gasteiger partial charge in [-0.1, -0.05) is 5.16 Å². The highest BCUT2D eigenvalue weighted by Gasteiger charge is 2.49. The van der Waals surface area contributed by atoms with Crippen LogP contribution in [-0.4, -0.2) is 58.2 Å². The molecule has 0 unspecified atom stereocenters. The molecular formula is C14H20N6O6S. The van der Waals surface area contributed by atoms with Crippen LogP contribution in [0.15, 0.2) is 10.6 Å². The molecule has 148 valence electrons. The molecule has 5 N–H and O–H groups in total. The number of nitrogens with two attached hydrogens (primary N) is 1. The second-order valence-electron chi connectivity index (χ2n) is 7.22. The molecule has 4 rings (SSSR count). The molecule has 1 aromatic rings. The molecule has 2 bridgehead atoms. The first-order valence-electron chi connectivity index (χ1n) is 8.50. The number of aromatic nitrogens is 1. The number of carbonyl (C=O) groups excluding carboxylic acids is 1. The first-order chi connectivity index (χ1) is 12.7. The summed E-state index contributed by atoms with van der Waals surface area (Å²) in [6, 6.07) is 0.322. The quantitative estimate of drug-likeness (QED) is 0.289. The van der Waals surface area contributed by atoms with Crippen LogP contribution in [-0.2, 0) is 21.1 Å². The maximum Gasteiger partial charge on any atom is 0.418 e. The molecule has 3 fully saturated rings. The lowest BCUT2D eigenvalue weighted by molar-refractivity contribution is -0.0317. The second kappa shape index (κ2) is 6.07. The highest BCUT2D eigenvalue weighted by Crippen LogP contribution is 2.41. The number of nitrogens with one attached hydrogen (secondary N) is 2. The summed E-state index contributed by atoms with van der Waals surface area (Å²) in [6.45, 7) is 0.275. The minimum Gasteiger partial charge on any atom is -0.370 e. The van der Waals surface area contributed by atoms with E-state index in [1.54, 1.807) is 6.07 Å². The van der Waals surface area contributed by atoms with E-state index in [1.165, 1.54) is 4.90 Å². The number of rotatable bonds is 6. The van der Waals surface area contributed by atoms with E-state index in [4.69, 9.17) is 20.2 Å². The van der Waals surface area contributed by atoms with E-state index in [0.717, 1.165) is 12.8 Å². The molecule has 3 heterocycles. The fourth-order valence-electron chi connectivity index (χ4n) is 3.82. The standard InChI is InChI=1S/C14H20N6O6S/c15-12(16)17-14(3-4-14)6-9-5-10(18-25-9)11-2-1-8-7-19(11)13(21)20(8)26-27(22,23)24/h5,8,11H,1-4,6-7H2,(H4,15,16,17)(H,22,23,24)/t8-,11+/m1/s1. The number of guanidine groups is 1. The fraction of sp³-hybridized carbons (Fsp3) is 0.643. The molecular weight excluding hydrogens is 380 g/mol. The summed E-state index contributed by atoms with van der Waals surface area (Å²) >= 11 is 0. The van der Waals surface area contributed by atoms with Crippen LogP contribution in [0.3, 0.4) is 0 Å². The number of fused-ring (bicyclic) bond motifs is 2. The zero-order valence-electron chi connectivity index (χ0n) is 14.3. The van der Waals surface area contributed by atoms with E-state index in [9.17, 15) is 13.2 Å². The lowest BCUT2D eigenvalue weighted by atomic mass is 9.98. The van der Waals surface area contributed by atoms with Crippen LogP contribution in [0.2, 0.25) is 0 Å². The SMILES string of the molecule is N=C(N)NC1(Cc2cc([C@@H]3CC[C@@H]4CN3C(=O)N4OS(=O)(=O)O)no2)CC1. The lowest BCUT2D eigenvalue weighted by Gasteiger charge is -2.28. The van der Waals surface area contributed by atoms with Crippen LogP contribution in [0.4, 0.5) is 4.79 Å². The van der Waals surface area contributed by atoms with Gasteiger partial charge < -0.3 is 20.5 Å². The van der Waals surface area contributed by atoms with Crippen molar-refractivity contribution in [3.63, 3.8) is 0 Å². The van der Waals surface area contributed by atoms with Crippen LogP contribution >= 0.6 is 0 Å². The predicted octanol–water partition coefficient (Wildman–Crippen LogP) is -0.0917. The summed E-state index contributed by atoms with van der Waals surface area (Å²) in [4.78, 5) is 13.9.